The largest absolute Gasteiger partial charge is 0.480 e. The summed E-state index contributed by atoms with van der Waals surface area (Å²) in [6.07, 6.45) is 0. The van der Waals surface area contributed by atoms with E-state index in [0.717, 1.165) is 0 Å². The van der Waals surface area contributed by atoms with Crippen molar-refractivity contribution in [1.82, 2.24) is 14.7 Å². The monoisotopic (exact) mass is 344 g/mol. The molecule has 1 aromatic heterocycles. The molecular weight excluding hydrogens is 328 g/mol. The fourth-order valence-corrected chi connectivity index (χ4v) is 2.63. The minimum Gasteiger partial charge on any atom is -0.480 e. The molecule has 0 aliphatic carbocycles. The summed E-state index contributed by atoms with van der Waals surface area (Å²) in [6.45, 7) is 0.265. The lowest BCUT2D eigenvalue weighted by atomic mass is 10.2. The van der Waals surface area contributed by atoms with Crippen molar-refractivity contribution in [3.8, 4) is 5.69 Å². The standard InChI is InChI=1S/C16H16N4O5/c17-14(21)12-8-11(18-20(12)10-4-2-1-3-5-10)15(22)19-6-7-25-9-13(19)16(23)24/h1-5,8,13H,6-7,9H2,(H2,17,21)(H,23,24). The summed E-state index contributed by atoms with van der Waals surface area (Å²) in [6, 6.07) is 8.91. The molecule has 1 fully saturated rings. The number of hydrogen-bond donors (Lipinski definition) is 2. The van der Waals surface area contributed by atoms with E-state index in [1.807, 2.05) is 0 Å². The van der Waals surface area contributed by atoms with Crippen molar-refractivity contribution in [1.29, 1.82) is 0 Å². The molecule has 2 amide bonds. The van der Waals surface area contributed by atoms with Crippen molar-refractivity contribution in [2.24, 2.45) is 5.73 Å². The second kappa shape index (κ2) is 6.73. The van der Waals surface area contributed by atoms with Crippen molar-refractivity contribution in [3.05, 3.63) is 47.8 Å². The zero-order chi connectivity index (χ0) is 18.0. The maximum Gasteiger partial charge on any atom is 0.328 e. The first kappa shape index (κ1) is 16.7. The first-order valence-electron chi connectivity index (χ1n) is 7.56. The molecule has 2 aromatic rings. The molecule has 1 aromatic carbocycles. The highest BCUT2D eigenvalue weighted by Crippen LogP contribution is 2.16. The summed E-state index contributed by atoms with van der Waals surface area (Å²) in [4.78, 5) is 36.9. The number of carboxylic acid groups (broad SMARTS) is 1. The normalized spacial score (nSPS) is 17.3. The molecule has 1 unspecified atom stereocenters. The van der Waals surface area contributed by atoms with Gasteiger partial charge in [-0.1, -0.05) is 18.2 Å². The summed E-state index contributed by atoms with van der Waals surface area (Å²) in [5.41, 5.74) is 5.93. The number of carbonyl (C=O) groups is 3. The van der Waals surface area contributed by atoms with Crippen LogP contribution in [0.5, 0.6) is 0 Å². The van der Waals surface area contributed by atoms with E-state index in [2.05, 4.69) is 5.10 Å². The molecule has 0 saturated carbocycles. The number of para-hydroxylation sites is 1. The maximum atomic E-state index is 12.7. The summed E-state index contributed by atoms with van der Waals surface area (Å²) >= 11 is 0. The maximum absolute atomic E-state index is 12.7. The third-order valence-corrected chi connectivity index (χ3v) is 3.86. The molecule has 0 bridgehead atoms. The lowest BCUT2D eigenvalue weighted by Gasteiger charge is -2.32. The van der Waals surface area contributed by atoms with E-state index in [1.165, 1.54) is 15.6 Å². The number of nitrogens with zero attached hydrogens (tertiary/aromatic N) is 3. The third kappa shape index (κ3) is 3.22. The lowest BCUT2D eigenvalue weighted by molar-refractivity contribution is -0.147. The van der Waals surface area contributed by atoms with E-state index in [4.69, 9.17) is 10.5 Å². The van der Waals surface area contributed by atoms with E-state index in [0.29, 0.717) is 5.69 Å². The van der Waals surface area contributed by atoms with Crippen LogP contribution in [0.2, 0.25) is 0 Å². The lowest BCUT2D eigenvalue weighted by Crippen LogP contribution is -2.52. The Kier molecular flexibility index (Phi) is 4.48. The Labute approximate surface area is 142 Å². The average Bonchev–Trinajstić information content (AvgIpc) is 3.07. The van der Waals surface area contributed by atoms with E-state index in [-0.39, 0.29) is 31.1 Å². The number of ether oxygens (including phenoxy) is 1. The zero-order valence-corrected chi connectivity index (χ0v) is 13.2. The Morgan fingerprint density at radius 1 is 1.24 bits per heavy atom. The number of amides is 2. The Morgan fingerprint density at radius 3 is 2.60 bits per heavy atom. The predicted molar refractivity (Wildman–Crippen MR) is 85.4 cm³/mol. The number of benzene rings is 1. The van der Waals surface area contributed by atoms with Gasteiger partial charge in [-0.15, -0.1) is 0 Å². The van der Waals surface area contributed by atoms with Crippen LogP contribution in [0, 0.1) is 0 Å². The van der Waals surface area contributed by atoms with Gasteiger partial charge in [0.05, 0.1) is 18.9 Å². The second-order valence-corrected chi connectivity index (χ2v) is 5.45. The number of aliphatic carboxylic acids is 1. The highest BCUT2D eigenvalue weighted by atomic mass is 16.5. The van der Waals surface area contributed by atoms with Gasteiger partial charge >= 0.3 is 5.97 Å². The molecule has 1 aliphatic rings. The topological polar surface area (TPSA) is 128 Å². The van der Waals surface area contributed by atoms with Gasteiger partial charge in [0, 0.05) is 12.6 Å². The highest BCUT2D eigenvalue weighted by molar-refractivity contribution is 5.99. The summed E-state index contributed by atoms with van der Waals surface area (Å²) in [5.74, 6) is -2.49. The number of hydrogen-bond acceptors (Lipinski definition) is 5. The number of nitrogens with two attached hydrogens (primary N) is 1. The summed E-state index contributed by atoms with van der Waals surface area (Å²) in [7, 11) is 0. The van der Waals surface area contributed by atoms with E-state index in [1.54, 1.807) is 30.3 Å². The first-order chi connectivity index (χ1) is 12.0. The molecule has 130 valence electrons. The molecule has 25 heavy (non-hydrogen) atoms. The van der Waals surface area contributed by atoms with Crippen LogP contribution in [0.3, 0.4) is 0 Å². The first-order valence-corrected chi connectivity index (χ1v) is 7.56. The number of carboxylic acids is 1. The molecule has 9 nitrogen and oxygen atoms in total. The molecule has 0 radical (unpaired) electrons. The van der Waals surface area contributed by atoms with Gasteiger partial charge in [-0.2, -0.15) is 5.10 Å². The third-order valence-electron chi connectivity index (χ3n) is 3.86. The number of aromatic nitrogens is 2. The number of primary amides is 1. The molecule has 3 rings (SSSR count). The van der Waals surface area contributed by atoms with Crippen LogP contribution in [0.4, 0.5) is 0 Å². The van der Waals surface area contributed by atoms with Crippen LogP contribution in [-0.4, -0.2) is 63.4 Å². The second-order valence-electron chi connectivity index (χ2n) is 5.45. The smallest absolute Gasteiger partial charge is 0.328 e. The van der Waals surface area contributed by atoms with E-state index < -0.39 is 23.8 Å². The van der Waals surface area contributed by atoms with E-state index >= 15 is 0 Å². The van der Waals surface area contributed by atoms with Crippen LogP contribution < -0.4 is 5.73 Å². The summed E-state index contributed by atoms with van der Waals surface area (Å²) < 4.78 is 6.39. The fraction of sp³-hybridized carbons (Fsp3) is 0.250. The van der Waals surface area contributed by atoms with Crippen molar-refractivity contribution >= 4 is 17.8 Å². The summed E-state index contributed by atoms with van der Waals surface area (Å²) in [5, 5.41) is 13.4. The number of morpholine rings is 1. The number of carbonyl (C=O) groups excluding carboxylic acids is 2. The van der Waals surface area contributed by atoms with Crippen LogP contribution in [0.15, 0.2) is 36.4 Å². The predicted octanol–water partition coefficient (Wildman–Crippen LogP) is -0.103. The molecule has 9 heteroatoms. The Bertz CT molecular complexity index is 817. The Morgan fingerprint density at radius 2 is 1.96 bits per heavy atom. The number of rotatable bonds is 4. The average molecular weight is 344 g/mol. The molecule has 1 saturated heterocycles. The molecule has 3 N–H and O–H groups in total. The van der Waals surface area contributed by atoms with Gasteiger partial charge in [-0.25, -0.2) is 9.48 Å². The van der Waals surface area contributed by atoms with Gasteiger partial charge in [0.2, 0.25) is 0 Å². The minimum absolute atomic E-state index is 0.0367. The van der Waals surface area contributed by atoms with Crippen LogP contribution >= 0.6 is 0 Å². The Balaban J connectivity index is 1.98. The van der Waals surface area contributed by atoms with Gasteiger partial charge in [-0.05, 0) is 12.1 Å². The fourth-order valence-electron chi connectivity index (χ4n) is 2.63. The molecule has 1 atom stereocenters. The van der Waals surface area contributed by atoms with Gasteiger partial charge in [0.15, 0.2) is 11.7 Å². The zero-order valence-electron chi connectivity index (χ0n) is 13.2. The molecular formula is C16H16N4O5. The molecule has 1 aliphatic heterocycles. The van der Waals surface area contributed by atoms with Crippen LogP contribution in [0.25, 0.3) is 5.69 Å². The van der Waals surface area contributed by atoms with Gasteiger partial charge in [0.1, 0.15) is 5.69 Å². The van der Waals surface area contributed by atoms with E-state index in [9.17, 15) is 19.5 Å². The van der Waals surface area contributed by atoms with Gasteiger partial charge < -0.3 is 20.5 Å². The van der Waals surface area contributed by atoms with Gasteiger partial charge in [0.25, 0.3) is 11.8 Å². The highest BCUT2D eigenvalue weighted by Gasteiger charge is 2.34. The van der Waals surface area contributed by atoms with Crippen molar-refractivity contribution in [2.45, 2.75) is 6.04 Å². The Hall–Kier alpha value is -3.20. The quantitative estimate of drug-likeness (QED) is 0.797. The van der Waals surface area contributed by atoms with Gasteiger partial charge in [-0.3, -0.25) is 9.59 Å². The minimum atomic E-state index is -1.16. The molecule has 2 heterocycles. The van der Waals surface area contributed by atoms with Crippen LogP contribution in [0.1, 0.15) is 21.0 Å². The van der Waals surface area contributed by atoms with Crippen LogP contribution in [-0.2, 0) is 9.53 Å². The van der Waals surface area contributed by atoms with Crippen molar-refractivity contribution in [2.75, 3.05) is 19.8 Å². The SMILES string of the molecule is NC(=O)c1cc(C(=O)N2CCOCC2C(=O)O)nn1-c1ccccc1. The van der Waals surface area contributed by atoms with Crippen molar-refractivity contribution < 1.29 is 24.2 Å². The molecule has 0 spiro atoms. The van der Waals surface area contributed by atoms with Crippen molar-refractivity contribution in [3.63, 3.8) is 0 Å².